The molecule has 0 spiro atoms. The molecule has 1 aliphatic heterocycles. The summed E-state index contributed by atoms with van der Waals surface area (Å²) in [7, 11) is 0. The Morgan fingerprint density at radius 1 is 1.56 bits per heavy atom. The molecule has 0 bridgehead atoms. The molecular formula is C12H20INO4. The Kier molecular flexibility index (Phi) is 4.74. The van der Waals surface area contributed by atoms with Crippen molar-refractivity contribution >= 4 is 28.7 Å². The molecule has 104 valence electrons. The quantitative estimate of drug-likeness (QED) is 0.614. The number of hydrogen-bond donors (Lipinski definition) is 1. The van der Waals surface area contributed by atoms with Crippen molar-refractivity contribution in [2.45, 2.75) is 52.0 Å². The van der Waals surface area contributed by atoms with E-state index in [1.165, 1.54) is 0 Å². The Bertz CT molecular complexity index is 346. The van der Waals surface area contributed by atoms with E-state index in [-0.39, 0.29) is 6.04 Å². The number of amides is 1. The van der Waals surface area contributed by atoms with Gasteiger partial charge in [0, 0.05) is 18.3 Å². The van der Waals surface area contributed by atoms with Crippen molar-refractivity contribution in [2.75, 3.05) is 4.43 Å². The molecule has 0 aromatic carbocycles. The van der Waals surface area contributed by atoms with E-state index in [1.54, 1.807) is 6.26 Å². The van der Waals surface area contributed by atoms with Crippen molar-refractivity contribution in [2.24, 2.45) is 0 Å². The minimum atomic E-state index is -0.672. The van der Waals surface area contributed by atoms with Crippen LogP contribution in [0.2, 0.25) is 0 Å². The van der Waals surface area contributed by atoms with Gasteiger partial charge >= 0.3 is 6.09 Å². The normalized spacial score (nSPS) is 19.3. The second-order valence-corrected chi connectivity index (χ2v) is 6.37. The predicted molar refractivity (Wildman–Crippen MR) is 76.4 cm³/mol. The Labute approximate surface area is 121 Å². The van der Waals surface area contributed by atoms with E-state index in [0.29, 0.717) is 10.2 Å². The van der Waals surface area contributed by atoms with Crippen molar-refractivity contribution in [3.05, 3.63) is 12.0 Å². The maximum atomic E-state index is 11.7. The summed E-state index contributed by atoms with van der Waals surface area (Å²) in [5, 5.41) is 2.76. The monoisotopic (exact) mass is 369 g/mol. The largest absolute Gasteiger partial charge is 0.457 e. The summed E-state index contributed by atoms with van der Waals surface area (Å²) in [5.74, 6) is -0.0603. The topological polar surface area (TPSA) is 56.8 Å². The molecule has 1 heterocycles. The molecular weight excluding hydrogens is 349 g/mol. The summed E-state index contributed by atoms with van der Waals surface area (Å²) in [5.41, 5.74) is -0.513. The van der Waals surface area contributed by atoms with Crippen LogP contribution in [0.4, 0.5) is 4.79 Å². The third kappa shape index (κ3) is 4.91. The SMILES string of the molecule is CC(C)(C)OC(=O)N[C@H](CI)C1=COC(C)(C)O1. The Balaban J connectivity index is 2.56. The van der Waals surface area contributed by atoms with Crippen molar-refractivity contribution in [3.8, 4) is 0 Å². The van der Waals surface area contributed by atoms with Gasteiger partial charge in [-0.2, -0.15) is 0 Å². The van der Waals surface area contributed by atoms with Crippen LogP contribution < -0.4 is 5.32 Å². The third-order valence-electron chi connectivity index (χ3n) is 2.01. The van der Waals surface area contributed by atoms with Crippen LogP contribution in [0.3, 0.4) is 0 Å². The zero-order valence-electron chi connectivity index (χ0n) is 11.4. The zero-order chi connectivity index (χ0) is 14.0. The number of halogens is 1. The van der Waals surface area contributed by atoms with Crippen LogP contribution >= 0.6 is 22.6 Å². The van der Waals surface area contributed by atoms with E-state index in [2.05, 4.69) is 27.9 Å². The maximum absolute atomic E-state index is 11.7. The van der Waals surface area contributed by atoms with Crippen LogP contribution in [0.1, 0.15) is 34.6 Å². The number of carbonyl (C=O) groups is 1. The van der Waals surface area contributed by atoms with Gasteiger partial charge in [-0.1, -0.05) is 22.6 Å². The third-order valence-corrected chi connectivity index (χ3v) is 2.89. The first-order valence-corrected chi connectivity index (χ1v) is 7.28. The highest BCUT2D eigenvalue weighted by Crippen LogP contribution is 2.27. The molecule has 1 N–H and O–H groups in total. The van der Waals surface area contributed by atoms with Crippen molar-refractivity contribution in [1.82, 2.24) is 5.32 Å². The molecule has 0 aliphatic carbocycles. The van der Waals surface area contributed by atoms with Gasteiger partial charge < -0.3 is 19.5 Å². The van der Waals surface area contributed by atoms with E-state index in [1.807, 2.05) is 34.6 Å². The summed E-state index contributed by atoms with van der Waals surface area (Å²) in [6.07, 6.45) is 1.08. The van der Waals surface area contributed by atoms with Crippen molar-refractivity contribution in [1.29, 1.82) is 0 Å². The fourth-order valence-electron chi connectivity index (χ4n) is 1.32. The van der Waals surface area contributed by atoms with E-state index < -0.39 is 17.5 Å². The highest BCUT2D eigenvalue weighted by atomic mass is 127. The van der Waals surface area contributed by atoms with E-state index in [4.69, 9.17) is 14.2 Å². The van der Waals surface area contributed by atoms with E-state index in [0.717, 1.165) is 0 Å². The molecule has 1 atom stereocenters. The molecule has 0 fully saturated rings. The number of hydrogen-bond acceptors (Lipinski definition) is 4. The smallest absolute Gasteiger partial charge is 0.408 e. The number of alkyl halides is 1. The van der Waals surface area contributed by atoms with Crippen LogP contribution in [-0.4, -0.2) is 28.0 Å². The van der Waals surface area contributed by atoms with E-state index >= 15 is 0 Å². The van der Waals surface area contributed by atoms with Crippen molar-refractivity contribution < 1.29 is 19.0 Å². The van der Waals surface area contributed by atoms with Gasteiger partial charge in [-0.05, 0) is 20.8 Å². The van der Waals surface area contributed by atoms with Gasteiger partial charge in [0.25, 0.3) is 0 Å². The van der Waals surface area contributed by atoms with Crippen LogP contribution in [0.25, 0.3) is 0 Å². The average Bonchev–Trinajstić information content (AvgIpc) is 2.52. The first-order valence-electron chi connectivity index (χ1n) is 5.75. The summed E-state index contributed by atoms with van der Waals surface area (Å²) in [6.45, 7) is 9.10. The standard InChI is InChI=1S/C12H20INO4/c1-11(2,3)18-10(15)14-8(6-13)9-7-16-12(4,5)17-9/h7-8H,6H2,1-5H3,(H,14,15)/t8-/m1/s1. The van der Waals surface area contributed by atoms with Crippen LogP contribution in [0.5, 0.6) is 0 Å². The molecule has 0 unspecified atom stereocenters. The first-order chi connectivity index (χ1) is 8.13. The number of ether oxygens (including phenoxy) is 3. The minimum Gasteiger partial charge on any atom is -0.457 e. The Morgan fingerprint density at radius 3 is 2.56 bits per heavy atom. The second-order valence-electron chi connectivity index (χ2n) is 5.49. The number of alkyl carbamates (subject to hydrolysis) is 1. The lowest BCUT2D eigenvalue weighted by Gasteiger charge is -2.24. The maximum Gasteiger partial charge on any atom is 0.408 e. The van der Waals surface area contributed by atoms with Crippen LogP contribution in [0.15, 0.2) is 12.0 Å². The van der Waals surface area contributed by atoms with Gasteiger partial charge in [0.1, 0.15) is 17.9 Å². The van der Waals surface area contributed by atoms with Crippen LogP contribution in [0, 0.1) is 0 Å². The zero-order valence-corrected chi connectivity index (χ0v) is 13.5. The molecule has 0 radical (unpaired) electrons. The molecule has 0 aromatic rings. The molecule has 18 heavy (non-hydrogen) atoms. The van der Waals surface area contributed by atoms with Crippen molar-refractivity contribution in [3.63, 3.8) is 0 Å². The number of rotatable bonds is 3. The number of nitrogens with one attached hydrogen (secondary N) is 1. The molecule has 1 rings (SSSR count). The van der Waals surface area contributed by atoms with Gasteiger partial charge in [0.05, 0.1) is 0 Å². The second kappa shape index (κ2) is 5.54. The first kappa shape index (κ1) is 15.4. The molecule has 5 nitrogen and oxygen atoms in total. The molecule has 1 aliphatic rings. The fraction of sp³-hybridized carbons (Fsp3) is 0.750. The summed E-state index contributed by atoms with van der Waals surface area (Å²) in [6, 6.07) is -0.248. The molecule has 0 saturated carbocycles. The summed E-state index contributed by atoms with van der Waals surface area (Å²) < 4.78 is 16.8. The summed E-state index contributed by atoms with van der Waals surface area (Å²) >= 11 is 2.17. The minimum absolute atomic E-state index is 0.248. The van der Waals surface area contributed by atoms with Gasteiger partial charge in [0.15, 0.2) is 5.76 Å². The van der Waals surface area contributed by atoms with Gasteiger partial charge in [-0.25, -0.2) is 4.79 Å². The predicted octanol–water partition coefficient (Wildman–Crippen LogP) is 2.94. The fourth-order valence-corrected chi connectivity index (χ4v) is 1.97. The highest BCUT2D eigenvalue weighted by molar-refractivity contribution is 14.1. The Hall–Kier alpha value is -0.660. The average molecular weight is 369 g/mol. The molecule has 0 saturated heterocycles. The summed E-state index contributed by atoms with van der Waals surface area (Å²) in [4.78, 5) is 11.7. The van der Waals surface area contributed by atoms with Gasteiger partial charge in [0.2, 0.25) is 5.79 Å². The lowest BCUT2D eigenvalue weighted by atomic mass is 10.2. The van der Waals surface area contributed by atoms with Gasteiger partial charge in [-0.15, -0.1) is 0 Å². The lowest BCUT2D eigenvalue weighted by molar-refractivity contribution is -0.118. The van der Waals surface area contributed by atoms with Gasteiger partial charge in [-0.3, -0.25) is 0 Å². The molecule has 6 heteroatoms. The molecule has 0 aromatic heterocycles. The van der Waals surface area contributed by atoms with Crippen LogP contribution in [-0.2, 0) is 14.2 Å². The van der Waals surface area contributed by atoms with E-state index in [9.17, 15) is 4.79 Å². The Morgan fingerprint density at radius 2 is 2.17 bits per heavy atom. The number of carbonyl (C=O) groups excluding carboxylic acids is 1. The lowest BCUT2D eigenvalue weighted by Crippen LogP contribution is -2.41. The highest BCUT2D eigenvalue weighted by Gasteiger charge is 2.33. The molecule has 1 amide bonds.